The zero-order valence-corrected chi connectivity index (χ0v) is 13.4. The molecule has 0 aliphatic carbocycles. The number of carboxylic acid groups (broad SMARTS) is 1. The minimum absolute atomic E-state index is 0.276. The van der Waals surface area contributed by atoms with Gasteiger partial charge >= 0.3 is 5.97 Å². The van der Waals surface area contributed by atoms with Crippen LogP contribution >= 0.6 is 22.9 Å². The standard InChI is InChI=1S/C15H13N3O2S2/c1-2-10-8-11(14(19)20)13(21-10)17-15-16-12(18-22-15)9-6-4-3-5-7-9/h3-8H,2H2,1H3,(H,19,20)(H,16,17,18). The molecule has 1 aromatic carbocycles. The van der Waals surface area contributed by atoms with Gasteiger partial charge in [-0.05, 0) is 12.5 Å². The molecule has 0 aliphatic heterocycles. The lowest BCUT2D eigenvalue weighted by molar-refractivity contribution is 0.0698. The number of nitrogens with one attached hydrogen (secondary N) is 1. The molecule has 0 atom stereocenters. The van der Waals surface area contributed by atoms with Crippen LogP contribution in [0.25, 0.3) is 11.4 Å². The van der Waals surface area contributed by atoms with E-state index in [0.717, 1.165) is 16.9 Å². The van der Waals surface area contributed by atoms with Gasteiger partial charge in [-0.25, -0.2) is 4.79 Å². The molecule has 0 aliphatic rings. The van der Waals surface area contributed by atoms with Crippen molar-refractivity contribution in [1.29, 1.82) is 0 Å². The second-order valence-corrected chi connectivity index (χ2v) is 6.42. The highest BCUT2D eigenvalue weighted by atomic mass is 32.1. The van der Waals surface area contributed by atoms with Crippen LogP contribution in [0, 0.1) is 0 Å². The molecule has 7 heteroatoms. The van der Waals surface area contributed by atoms with Gasteiger partial charge in [0.2, 0.25) is 5.13 Å². The van der Waals surface area contributed by atoms with Gasteiger partial charge in [-0.1, -0.05) is 37.3 Å². The number of thiophene rings is 1. The topological polar surface area (TPSA) is 75.1 Å². The minimum atomic E-state index is -0.939. The number of aromatic nitrogens is 2. The average molecular weight is 331 g/mol. The number of anilines is 2. The van der Waals surface area contributed by atoms with E-state index >= 15 is 0 Å². The van der Waals surface area contributed by atoms with Crippen LogP contribution in [0.5, 0.6) is 0 Å². The molecule has 0 saturated carbocycles. The lowest BCUT2D eigenvalue weighted by atomic mass is 10.2. The first kappa shape index (κ1) is 14.7. The van der Waals surface area contributed by atoms with Crippen molar-refractivity contribution in [1.82, 2.24) is 9.36 Å². The number of benzene rings is 1. The predicted octanol–water partition coefficient (Wildman–Crippen LogP) is 4.27. The van der Waals surface area contributed by atoms with E-state index in [0.29, 0.717) is 16.0 Å². The Hall–Kier alpha value is -2.25. The number of carbonyl (C=O) groups is 1. The number of carboxylic acids is 1. The molecule has 3 rings (SSSR count). The van der Waals surface area contributed by atoms with Crippen molar-refractivity contribution in [2.75, 3.05) is 5.32 Å². The van der Waals surface area contributed by atoms with Crippen molar-refractivity contribution in [2.24, 2.45) is 0 Å². The van der Waals surface area contributed by atoms with Crippen LogP contribution in [-0.4, -0.2) is 20.4 Å². The van der Waals surface area contributed by atoms with Gasteiger partial charge in [-0.2, -0.15) is 9.36 Å². The van der Waals surface area contributed by atoms with Gasteiger partial charge < -0.3 is 10.4 Å². The number of aromatic carboxylic acids is 1. The first-order valence-corrected chi connectivity index (χ1v) is 8.28. The summed E-state index contributed by atoms with van der Waals surface area (Å²) in [4.78, 5) is 16.7. The highest BCUT2D eigenvalue weighted by Gasteiger charge is 2.16. The average Bonchev–Trinajstić information content (AvgIpc) is 3.15. The Morgan fingerprint density at radius 2 is 2.09 bits per heavy atom. The van der Waals surface area contributed by atoms with E-state index in [1.54, 1.807) is 6.07 Å². The summed E-state index contributed by atoms with van der Waals surface area (Å²) in [5.41, 5.74) is 1.21. The van der Waals surface area contributed by atoms with E-state index in [9.17, 15) is 9.90 Å². The fraction of sp³-hybridized carbons (Fsp3) is 0.133. The maximum atomic E-state index is 11.3. The van der Waals surface area contributed by atoms with Crippen molar-refractivity contribution in [3.8, 4) is 11.4 Å². The summed E-state index contributed by atoms with van der Waals surface area (Å²) < 4.78 is 4.31. The molecule has 2 heterocycles. The molecular formula is C15H13N3O2S2. The molecule has 22 heavy (non-hydrogen) atoms. The van der Waals surface area contributed by atoms with Crippen LogP contribution in [0.4, 0.5) is 10.1 Å². The van der Waals surface area contributed by atoms with Gasteiger partial charge in [-0.3, -0.25) is 0 Å². The molecule has 3 aromatic rings. The molecule has 112 valence electrons. The van der Waals surface area contributed by atoms with Gasteiger partial charge in [0, 0.05) is 22.0 Å². The van der Waals surface area contributed by atoms with Gasteiger partial charge in [-0.15, -0.1) is 11.3 Å². The van der Waals surface area contributed by atoms with Crippen molar-refractivity contribution in [3.05, 3.63) is 46.8 Å². The molecule has 0 spiro atoms. The highest BCUT2D eigenvalue weighted by Crippen LogP contribution is 2.32. The first-order valence-electron chi connectivity index (χ1n) is 6.69. The lowest BCUT2D eigenvalue weighted by Gasteiger charge is -1.99. The summed E-state index contributed by atoms with van der Waals surface area (Å²) in [6.07, 6.45) is 0.804. The lowest BCUT2D eigenvalue weighted by Crippen LogP contribution is -1.98. The van der Waals surface area contributed by atoms with Crippen LogP contribution < -0.4 is 5.32 Å². The summed E-state index contributed by atoms with van der Waals surface area (Å²) in [6, 6.07) is 11.4. The number of aryl methyl sites for hydroxylation is 1. The largest absolute Gasteiger partial charge is 0.478 e. The van der Waals surface area contributed by atoms with Crippen LogP contribution in [0.2, 0.25) is 0 Å². The van der Waals surface area contributed by atoms with Crippen molar-refractivity contribution in [2.45, 2.75) is 13.3 Å². The molecule has 0 bridgehead atoms. The van der Waals surface area contributed by atoms with Crippen molar-refractivity contribution >= 4 is 39.0 Å². The van der Waals surface area contributed by atoms with Crippen molar-refractivity contribution < 1.29 is 9.90 Å². The first-order chi connectivity index (χ1) is 10.7. The third kappa shape index (κ3) is 3.00. The van der Waals surface area contributed by atoms with Gasteiger partial charge in [0.05, 0.1) is 5.56 Å². The monoisotopic (exact) mass is 331 g/mol. The Labute approximate surface area is 135 Å². The quantitative estimate of drug-likeness (QED) is 0.730. The molecule has 0 unspecified atom stereocenters. The summed E-state index contributed by atoms with van der Waals surface area (Å²) in [6.45, 7) is 2.00. The Morgan fingerprint density at radius 1 is 1.32 bits per heavy atom. The third-order valence-electron chi connectivity index (χ3n) is 3.04. The normalized spacial score (nSPS) is 10.6. The van der Waals surface area contributed by atoms with Crippen LogP contribution in [0.1, 0.15) is 22.2 Å². The molecular weight excluding hydrogens is 318 g/mol. The molecule has 0 radical (unpaired) electrons. The highest BCUT2D eigenvalue weighted by molar-refractivity contribution is 7.17. The van der Waals surface area contributed by atoms with Gasteiger partial charge in [0.15, 0.2) is 5.82 Å². The minimum Gasteiger partial charge on any atom is -0.478 e. The fourth-order valence-electron chi connectivity index (χ4n) is 1.94. The van der Waals surface area contributed by atoms with E-state index in [4.69, 9.17) is 0 Å². The van der Waals surface area contributed by atoms with E-state index in [2.05, 4.69) is 14.7 Å². The Morgan fingerprint density at radius 3 is 2.77 bits per heavy atom. The maximum Gasteiger partial charge on any atom is 0.338 e. The van der Waals surface area contributed by atoms with Crippen LogP contribution in [0.15, 0.2) is 36.4 Å². The molecule has 5 nitrogen and oxygen atoms in total. The maximum absolute atomic E-state index is 11.3. The Bertz CT molecular complexity index is 796. The third-order valence-corrected chi connectivity index (χ3v) is 4.87. The summed E-state index contributed by atoms with van der Waals surface area (Å²) in [5.74, 6) is -0.302. The van der Waals surface area contributed by atoms with Gasteiger partial charge in [0.1, 0.15) is 5.00 Å². The second-order valence-electron chi connectivity index (χ2n) is 4.53. The molecule has 2 aromatic heterocycles. The molecule has 0 amide bonds. The molecule has 0 saturated heterocycles. The smallest absolute Gasteiger partial charge is 0.338 e. The van der Waals surface area contributed by atoms with E-state index < -0.39 is 5.97 Å². The number of hydrogen-bond donors (Lipinski definition) is 2. The molecule has 0 fully saturated rings. The zero-order chi connectivity index (χ0) is 15.5. The molecule has 2 N–H and O–H groups in total. The zero-order valence-electron chi connectivity index (χ0n) is 11.7. The van der Waals surface area contributed by atoms with E-state index in [1.807, 2.05) is 37.3 Å². The SMILES string of the molecule is CCc1cc(C(=O)O)c(Nc2nc(-c3ccccc3)ns2)s1. The number of nitrogens with zero attached hydrogens (tertiary/aromatic N) is 2. The summed E-state index contributed by atoms with van der Waals surface area (Å²) >= 11 is 2.65. The van der Waals surface area contributed by atoms with Crippen LogP contribution in [0.3, 0.4) is 0 Å². The summed E-state index contributed by atoms with van der Waals surface area (Å²) in [7, 11) is 0. The Balaban J connectivity index is 1.87. The van der Waals surface area contributed by atoms with Crippen LogP contribution in [-0.2, 0) is 6.42 Å². The van der Waals surface area contributed by atoms with E-state index in [1.165, 1.54) is 22.9 Å². The number of hydrogen-bond acceptors (Lipinski definition) is 6. The van der Waals surface area contributed by atoms with Gasteiger partial charge in [0.25, 0.3) is 0 Å². The van der Waals surface area contributed by atoms with E-state index in [-0.39, 0.29) is 5.56 Å². The summed E-state index contributed by atoms with van der Waals surface area (Å²) in [5, 5.41) is 13.5. The Kier molecular flexibility index (Phi) is 4.17. The predicted molar refractivity (Wildman–Crippen MR) is 89.3 cm³/mol. The fourth-order valence-corrected chi connectivity index (χ4v) is 3.59. The second kappa shape index (κ2) is 6.25. The van der Waals surface area contributed by atoms with Crippen molar-refractivity contribution in [3.63, 3.8) is 0 Å². The number of rotatable bonds is 5.